The first-order valence-electron chi connectivity index (χ1n) is 5.06. The average Bonchev–Trinajstić information content (AvgIpc) is 2.01. The van der Waals surface area contributed by atoms with E-state index in [1.807, 2.05) is 13.8 Å². The van der Waals surface area contributed by atoms with E-state index in [0.717, 1.165) is 6.54 Å². The maximum atomic E-state index is 10.9. The monoisotopic (exact) mass is 200 g/mol. The zero-order valence-electron chi connectivity index (χ0n) is 9.37. The number of nitrogens with zero attached hydrogens (tertiary/aromatic N) is 1. The van der Waals surface area contributed by atoms with Crippen LogP contribution in [0.2, 0.25) is 0 Å². The summed E-state index contributed by atoms with van der Waals surface area (Å²) in [4.78, 5) is 13.1. The minimum atomic E-state index is -0.761. The Hall–Kier alpha value is -0.610. The van der Waals surface area contributed by atoms with Gasteiger partial charge in [0.2, 0.25) is 0 Å². The molecule has 1 fully saturated rings. The van der Waals surface area contributed by atoms with Gasteiger partial charge in [-0.25, -0.2) is 0 Å². The second-order valence-electron chi connectivity index (χ2n) is 4.94. The Morgan fingerprint density at radius 3 is 2.57 bits per heavy atom. The molecule has 14 heavy (non-hydrogen) atoms. The van der Waals surface area contributed by atoms with Crippen molar-refractivity contribution in [2.45, 2.75) is 45.3 Å². The van der Waals surface area contributed by atoms with Crippen LogP contribution in [0.3, 0.4) is 0 Å². The zero-order valence-corrected chi connectivity index (χ0v) is 9.37. The molecular formula is C10H20N2O2. The van der Waals surface area contributed by atoms with Crippen LogP contribution in [0.4, 0.5) is 0 Å². The van der Waals surface area contributed by atoms with E-state index in [1.165, 1.54) is 0 Å². The molecule has 0 bridgehead atoms. The van der Waals surface area contributed by atoms with Crippen molar-refractivity contribution in [3.63, 3.8) is 0 Å². The van der Waals surface area contributed by atoms with Gasteiger partial charge in [0.25, 0.3) is 0 Å². The van der Waals surface area contributed by atoms with Crippen molar-refractivity contribution in [2.75, 3.05) is 13.1 Å². The lowest BCUT2D eigenvalue weighted by molar-refractivity contribution is -0.142. The number of carbonyl (C=O) groups is 1. The van der Waals surface area contributed by atoms with Crippen LogP contribution >= 0.6 is 0 Å². The summed E-state index contributed by atoms with van der Waals surface area (Å²) in [5.74, 6) is -0.761. The Morgan fingerprint density at radius 2 is 2.14 bits per heavy atom. The quantitative estimate of drug-likeness (QED) is 0.683. The summed E-state index contributed by atoms with van der Waals surface area (Å²) < 4.78 is 0. The molecule has 0 spiro atoms. The summed E-state index contributed by atoms with van der Waals surface area (Å²) in [7, 11) is 0. The lowest BCUT2D eigenvalue weighted by Gasteiger charge is -2.44. The van der Waals surface area contributed by atoms with Crippen molar-refractivity contribution < 1.29 is 9.90 Å². The van der Waals surface area contributed by atoms with Gasteiger partial charge in [-0.1, -0.05) is 0 Å². The highest BCUT2D eigenvalue weighted by Gasteiger charge is 2.35. The molecule has 1 atom stereocenters. The molecular weight excluding hydrogens is 180 g/mol. The summed E-state index contributed by atoms with van der Waals surface area (Å²) in [6, 6.07) is -0.0422. The molecule has 0 aliphatic carbocycles. The van der Waals surface area contributed by atoms with E-state index < -0.39 is 12.0 Å². The SMILES string of the molecule is CC(C)N1C[C@H](C(=O)O)NC(C)(C)C1. The van der Waals surface area contributed by atoms with Gasteiger partial charge < -0.3 is 5.11 Å². The highest BCUT2D eigenvalue weighted by atomic mass is 16.4. The fraction of sp³-hybridized carbons (Fsp3) is 0.900. The largest absolute Gasteiger partial charge is 0.480 e. The predicted octanol–water partition coefficient (Wildman–Crippen LogP) is 0.532. The summed E-state index contributed by atoms with van der Waals surface area (Å²) in [6.45, 7) is 9.76. The number of hydrogen-bond donors (Lipinski definition) is 2. The van der Waals surface area contributed by atoms with E-state index in [9.17, 15) is 4.79 Å². The normalized spacial score (nSPS) is 27.9. The Bertz CT molecular complexity index is 226. The van der Waals surface area contributed by atoms with Gasteiger partial charge in [-0.3, -0.25) is 15.0 Å². The molecule has 4 nitrogen and oxygen atoms in total. The van der Waals surface area contributed by atoms with Gasteiger partial charge in [-0.05, 0) is 27.7 Å². The van der Waals surface area contributed by atoms with Crippen molar-refractivity contribution in [3.8, 4) is 0 Å². The summed E-state index contributed by atoms with van der Waals surface area (Å²) in [5, 5.41) is 12.1. The molecule has 0 amide bonds. The van der Waals surface area contributed by atoms with Crippen LogP contribution < -0.4 is 5.32 Å². The average molecular weight is 200 g/mol. The maximum Gasteiger partial charge on any atom is 0.322 e. The Labute approximate surface area is 85.3 Å². The van der Waals surface area contributed by atoms with E-state index in [1.54, 1.807) is 0 Å². The molecule has 1 heterocycles. The standard InChI is InChI=1S/C10H20N2O2/c1-7(2)12-5-8(9(13)14)11-10(3,4)6-12/h7-8,11H,5-6H2,1-4H3,(H,13,14)/t8-/m1/s1. The van der Waals surface area contributed by atoms with E-state index in [4.69, 9.17) is 5.11 Å². The van der Waals surface area contributed by atoms with Gasteiger partial charge in [-0.2, -0.15) is 0 Å². The van der Waals surface area contributed by atoms with Crippen molar-refractivity contribution in [3.05, 3.63) is 0 Å². The molecule has 4 heteroatoms. The van der Waals surface area contributed by atoms with E-state index in [-0.39, 0.29) is 5.54 Å². The molecule has 1 rings (SSSR count). The van der Waals surface area contributed by atoms with Crippen LogP contribution in [0.5, 0.6) is 0 Å². The number of hydrogen-bond acceptors (Lipinski definition) is 3. The van der Waals surface area contributed by atoms with Crippen LogP contribution in [0.25, 0.3) is 0 Å². The minimum Gasteiger partial charge on any atom is -0.480 e. The van der Waals surface area contributed by atoms with Gasteiger partial charge in [0.1, 0.15) is 6.04 Å². The third-order valence-electron chi connectivity index (χ3n) is 2.61. The zero-order chi connectivity index (χ0) is 10.9. The molecule has 0 aromatic heterocycles. The van der Waals surface area contributed by atoms with Crippen LogP contribution in [0, 0.1) is 0 Å². The second kappa shape index (κ2) is 3.87. The van der Waals surface area contributed by atoms with Gasteiger partial charge in [0.05, 0.1) is 0 Å². The molecule has 2 N–H and O–H groups in total. The first-order chi connectivity index (χ1) is 6.32. The van der Waals surface area contributed by atoms with Crippen LogP contribution in [-0.4, -0.2) is 46.7 Å². The second-order valence-corrected chi connectivity index (χ2v) is 4.94. The van der Waals surface area contributed by atoms with Crippen molar-refractivity contribution in [1.82, 2.24) is 10.2 Å². The molecule has 82 valence electrons. The molecule has 1 aliphatic heterocycles. The summed E-state index contributed by atoms with van der Waals surface area (Å²) in [5.41, 5.74) is -0.119. The van der Waals surface area contributed by atoms with Gasteiger partial charge in [0, 0.05) is 24.7 Å². The molecule has 0 saturated carbocycles. The van der Waals surface area contributed by atoms with Gasteiger partial charge >= 0.3 is 5.97 Å². The maximum absolute atomic E-state index is 10.9. The first-order valence-corrected chi connectivity index (χ1v) is 5.06. The predicted molar refractivity (Wildman–Crippen MR) is 55.3 cm³/mol. The number of nitrogens with one attached hydrogen (secondary N) is 1. The molecule has 0 aromatic rings. The summed E-state index contributed by atoms with van der Waals surface area (Å²) in [6.07, 6.45) is 0. The molecule has 1 aliphatic rings. The van der Waals surface area contributed by atoms with E-state index >= 15 is 0 Å². The number of rotatable bonds is 2. The van der Waals surface area contributed by atoms with Crippen molar-refractivity contribution >= 4 is 5.97 Å². The van der Waals surface area contributed by atoms with E-state index in [0.29, 0.717) is 12.6 Å². The van der Waals surface area contributed by atoms with E-state index in [2.05, 4.69) is 24.1 Å². The number of carboxylic acids is 1. The number of piperazine rings is 1. The van der Waals surface area contributed by atoms with Crippen LogP contribution in [0.15, 0.2) is 0 Å². The highest BCUT2D eigenvalue weighted by Crippen LogP contribution is 2.16. The van der Waals surface area contributed by atoms with Gasteiger partial charge in [-0.15, -0.1) is 0 Å². The minimum absolute atomic E-state index is 0.119. The van der Waals surface area contributed by atoms with Crippen LogP contribution in [-0.2, 0) is 4.79 Å². The topological polar surface area (TPSA) is 52.6 Å². The van der Waals surface area contributed by atoms with Gasteiger partial charge in [0.15, 0.2) is 0 Å². The lowest BCUT2D eigenvalue weighted by atomic mass is 9.97. The lowest BCUT2D eigenvalue weighted by Crippen LogP contribution is -2.65. The highest BCUT2D eigenvalue weighted by molar-refractivity contribution is 5.74. The Kier molecular flexibility index (Phi) is 3.17. The van der Waals surface area contributed by atoms with Crippen molar-refractivity contribution in [1.29, 1.82) is 0 Å². The number of carboxylic acid groups (broad SMARTS) is 1. The molecule has 1 saturated heterocycles. The fourth-order valence-electron chi connectivity index (χ4n) is 1.90. The van der Waals surface area contributed by atoms with Crippen molar-refractivity contribution in [2.24, 2.45) is 0 Å². The van der Waals surface area contributed by atoms with Crippen LogP contribution in [0.1, 0.15) is 27.7 Å². The number of aliphatic carboxylic acids is 1. The Morgan fingerprint density at radius 1 is 1.57 bits per heavy atom. The summed E-state index contributed by atoms with van der Waals surface area (Å²) >= 11 is 0. The first kappa shape index (κ1) is 11.5. The Balaban J connectivity index is 2.72. The molecule has 0 radical (unpaired) electrons. The third kappa shape index (κ3) is 2.69. The molecule has 0 unspecified atom stereocenters. The molecule has 0 aromatic carbocycles. The fourth-order valence-corrected chi connectivity index (χ4v) is 1.90. The smallest absolute Gasteiger partial charge is 0.322 e. The third-order valence-corrected chi connectivity index (χ3v) is 2.61.